The van der Waals surface area contributed by atoms with Crippen LogP contribution in [0.3, 0.4) is 0 Å². The molecule has 4 nitrogen and oxygen atoms in total. The Balaban J connectivity index is 2.04. The highest BCUT2D eigenvalue weighted by Gasteiger charge is 2.54. The minimum absolute atomic E-state index is 0.0388. The second kappa shape index (κ2) is 5.98. The third kappa shape index (κ3) is 2.95. The standard InChI is InChI=1S/C17H29NO3/c1-16(2)13(10-11-17(16,3)15(20)21)14(19)18-12-8-6-4-5-7-9-12/h12-13H,4-11H2,1-3H3,(H,18,19)(H,20,21)/p-1/t13-,17+/m1/s1. The Hall–Kier alpha value is -1.06. The van der Waals surface area contributed by atoms with Gasteiger partial charge in [0.15, 0.2) is 0 Å². The Morgan fingerprint density at radius 3 is 2.05 bits per heavy atom. The second-order valence-corrected chi connectivity index (χ2v) is 7.63. The van der Waals surface area contributed by atoms with Gasteiger partial charge in [-0.05, 0) is 31.1 Å². The zero-order chi connectivity index (χ0) is 15.7. The van der Waals surface area contributed by atoms with Crippen molar-refractivity contribution in [3.05, 3.63) is 0 Å². The van der Waals surface area contributed by atoms with Gasteiger partial charge in [0.2, 0.25) is 5.91 Å². The van der Waals surface area contributed by atoms with Gasteiger partial charge in [-0.15, -0.1) is 0 Å². The van der Waals surface area contributed by atoms with E-state index in [-0.39, 0.29) is 17.9 Å². The van der Waals surface area contributed by atoms with Crippen LogP contribution in [0, 0.1) is 16.7 Å². The van der Waals surface area contributed by atoms with E-state index in [1.165, 1.54) is 25.7 Å². The number of carboxylic acid groups (broad SMARTS) is 1. The first-order valence-electron chi connectivity index (χ1n) is 8.31. The second-order valence-electron chi connectivity index (χ2n) is 7.63. The van der Waals surface area contributed by atoms with E-state index in [1.807, 2.05) is 13.8 Å². The van der Waals surface area contributed by atoms with Crippen molar-refractivity contribution in [2.75, 3.05) is 0 Å². The topological polar surface area (TPSA) is 69.2 Å². The van der Waals surface area contributed by atoms with Gasteiger partial charge in [0.25, 0.3) is 0 Å². The van der Waals surface area contributed by atoms with Crippen LogP contribution < -0.4 is 10.4 Å². The highest BCUT2D eigenvalue weighted by Crippen LogP contribution is 2.55. The maximum absolute atomic E-state index is 12.6. The predicted octanol–water partition coefficient (Wildman–Crippen LogP) is 2.02. The Morgan fingerprint density at radius 1 is 1.00 bits per heavy atom. The summed E-state index contributed by atoms with van der Waals surface area (Å²) in [6.07, 6.45) is 8.12. The third-order valence-corrected chi connectivity index (χ3v) is 6.19. The van der Waals surface area contributed by atoms with Crippen molar-refractivity contribution in [1.29, 1.82) is 0 Å². The molecule has 0 unspecified atom stereocenters. The van der Waals surface area contributed by atoms with Crippen LogP contribution in [0.2, 0.25) is 0 Å². The average Bonchev–Trinajstić information content (AvgIpc) is 2.59. The largest absolute Gasteiger partial charge is 0.550 e. The molecule has 2 atom stereocenters. The predicted molar refractivity (Wildman–Crippen MR) is 79.3 cm³/mol. The van der Waals surface area contributed by atoms with Crippen LogP contribution in [0.5, 0.6) is 0 Å². The highest BCUT2D eigenvalue weighted by atomic mass is 16.4. The molecular weight excluding hydrogens is 266 g/mol. The van der Waals surface area contributed by atoms with Crippen LogP contribution in [-0.4, -0.2) is 17.9 Å². The van der Waals surface area contributed by atoms with Crippen molar-refractivity contribution >= 4 is 11.9 Å². The van der Waals surface area contributed by atoms with Crippen LogP contribution in [0.25, 0.3) is 0 Å². The SMILES string of the molecule is CC1(C)[C@@H](C(=O)NC2CCCCCC2)CC[C@@]1(C)C(=O)[O-]. The molecule has 0 aliphatic heterocycles. The molecule has 0 heterocycles. The van der Waals surface area contributed by atoms with E-state index in [4.69, 9.17) is 0 Å². The molecule has 0 bridgehead atoms. The number of hydrogen-bond acceptors (Lipinski definition) is 3. The minimum atomic E-state index is -1.03. The van der Waals surface area contributed by atoms with Crippen LogP contribution in [0.1, 0.15) is 72.1 Å². The van der Waals surface area contributed by atoms with Gasteiger partial charge in [0.1, 0.15) is 0 Å². The van der Waals surface area contributed by atoms with Gasteiger partial charge in [-0.2, -0.15) is 0 Å². The number of rotatable bonds is 3. The molecule has 1 amide bonds. The smallest absolute Gasteiger partial charge is 0.223 e. The Kier molecular flexibility index (Phi) is 4.64. The summed E-state index contributed by atoms with van der Waals surface area (Å²) < 4.78 is 0. The molecule has 0 aromatic rings. The molecule has 2 saturated carbocycles. The maximum atomic E-state index is 12.6. The summed E-state index contributed by atoms with van der Waals surface area (Å²) >= 11 is 0. The Labute approximate surface area is 127 Å². The molecule has 120 valence electrons. The van der Waals surface area contributed by atoms with E-state index in [2.05, 4.69) is 5.32 Å². The summed E-state index contributed by atoms with van der Waals surface area (Å²) in [5, 5.41) is 14.7. The number of hydrogen-bond donors (Lipinski definition) is 1. The summed E-state index contributed by atoms with van der Waals surface area (Å²) in [6.45, 7) is 5.52. The van der Waals surface area contributed by atoms with Gasteiger partial charge in [0.05, 0.1) is 0 Å². The molecular formula is C17H28NO3-. The third-order valence-electron chi connectivity index (χ3n) is 6.19. The van der Waals surface area contributed by atoms with Crippen LogP contribution in [0.15, 0.2) is 0 Å². The molecule has 2 fully saturated rings. The van der Waals surface area contributed by atoms with Crippen molar-refractivity contribution in [1.82, 2.24) is 5.32 Å². The molecule has 21 heavy (non-hydrogen) atoms. The van der Waals surface area contributed by atoms with E-state index < -0.39 is 16.8 Å². The van der Waals surface area contributed by atoms with Crippen LogP contribution >= 0.6 is 0 Å². The normalized spacial score (nSPS) is 33.4. The highest BCUT2D eigenvalue weighted by molar-refractivity contribution is 5.83. The van der Waals surface area contributed by atoms with E-state index in [9.17, 15) is 14.7 Å². The van der Waals surface area contributed by atoms with E-state index >= 15 is 0 Å². The van der Waals surface area contributed by atoms with Crippen LogP contribution in [-0.2, 0) is 9.59 Å². The number of nitrogens with one attached hydrogen (secondary N) is 1. The summed E-state index contributed by atoms with van der Waals surface area (Å²) in [7, 11) is 0. The molecule has 0 aromatic carbocycles. The number of aliphatic carboxylic acids is 1. The number of amides is 1. The first-order valence-corrected chi connectivity index (χ1v) is 8.31. The van der Waals surface area contributed by atoms with Crippen molar-refractivity contribution in [2.24, 2.45) is 16.7 Å². The van der Waals surface area contributed by atoms with E-state index in [1.54, 1.807) is 6.92 Å². The van der Waals surface area contributed by atoms with E-state index in [0.29, 0.717) is 12.8 Å². The lowest BCUT2D eigenvalue weighted by atomic mass is 9.65. The Bertz CT molecular complexity index is 410. The zero-order valence-corrected chi connectivity index (χ0v) is 13.5. The molecule has 4 heteroatoms. The van der Waals surface area contributed by atoms with Gasteiger partial charge in [-0.3, -0.25) is 4.79 Å². The van der Waals surface area contributed by atoms with Crippen molar-refractivity contribution in [3.63, 3.8) is 0 Å². The summed E-state index contributed by atoms with van der Waals surface area (Å²) in [4.78, 5) is 24.1. The molecule has 0 radical (unpaired) electrons. The fourth-order valence-corrected chi connectivity index (χ4v) is 4.05. The maximum Gasteiger partial charge on any atom is 0.223 e. The lowest BCUT2D eigenvalue weighted by Crippen LogP contribution is -2.51. The summed E-state index contributed by atoms with van der Waals surface area (Å²) in [6, 6.07) is 0.269. The molecule has 2 rings (SSSR count). The van der Waals surface area contributed by atoms with Crippen LogP contribution in [0.4, 0.5) is 0 Å². The van der Waals surface area contributed by atoms with Gasteiger partial charge in [-0.1, -0.05) is 46.5 Å². The Morgan fingerprint density at radius 2 is 1.57 bits per heavy atom. The fraction of sp³-hybridized carbons (Fsp3) is 0.882. The molecule has 0 saturated heterocycles. The molecule has 0 aromatic heterocycles. The number of carbonyl (C=O) groups excluding carboxylic acids is 2. The monoisotopic (exact) mass is 294 g/mol. The van der Waals surface area contributed by atoms with Gasteiger partial charge in [0, 0.05) is 23.3 Å². The molecule has 1 N–H and O–H groups in total. The first-order chi connectivity index (χ1) is 9.79. The van der Waals surface area contributed by atoms with Crippen molar-refractivity contribution in [2.45, 2.75) is 78.2 Å². The molecule has 2 aliphatic carbocycles. The van der Waals surface area contributed by atoms with Crippen molar-refractivity contribution < 1.29 is 14.7 Å². The van der Waals surface area contributed by atoms with Crippen molar-refractivity contribution in [3.8, 4) is 0 Å². The quantitative estimate of drug-likeness (QED) is 0.810. The van der Waals surface area contributed by atoms with E-state index in [0.717, 1.165) is 12.8 Å². The summed E-state index contributed by atoms with van der Waals surface area (Å²) in [5.74, 6) is -1.22. The zero-order valence-electron chi connectivity index (χ0n) is 13.5. The minimum Gasteiger partial charge on any atom is -0.550 e. The molecule has 0 spiro atoms. The average molecular weight is 294 g/mol. The first kappa shape index (κ1) is 16.3. The lowest BCUT2D eigenvalue weighted by Gasteiger charge is -2.42. The number of carbonyl (C=O) groups is 2. The van der Waals surface area contributed by atoms with Gasteiger partial charge in [-0.25, -0.2) is 0 Å². The summed E-state index contributed by atoms with van der Waals surface area (Å²) in [5.41, 5.74) is -1.49. The number of carboxylic acids is 1. The molecule has 2 aliphatic rings. The van der Waals surface area contributed by atoms with Gasteiger partial charge >= 0.3 is 0 Å². The fourth-order valence-electron chi connectivity index (χ4n) is 4.05. The lowest BCUT2D eigenvalue weighted by molar-refractivity contribution is -0.323. The van der Waals surface area contributed by atoms with Gasteiger partial charge < -0.3 is 15.2 Å².